The molecule has 2 N–H and O–H groups in total. The van der Waals surface area contributed by atoms with Crippen molar-refractivity contribution in [1.29, 1.82) is 0 Å². The lowest BCUT2D eigenvalue weighted by atomic mass is 10.1. The van der Waals surface area contributed by atoms with Crippen LogP contribution in [0.3, 0.4) is 0 Å². The Morgan fingerprint density at radius 3 is 2.36 bits per heavy atom. The van der Waals surface area contributed by atoms with Crippen molar-refractivity contribution in [2.24, 2.45) is 0 Å². The molecule has 0 fully saturated rings. The zero-order valence-electron chi connectivity index (χ0n) is 13.4. The van der Waals surface area contributed by atoms with Gasteiger partial charge in [0.05, 0.1) is 26.0 Å². The van der Waals surface area contributed by atoms with Crippen molar-refractivity contribution in [1.82, 2.24) is 0 Å². The molecule has 0 spiro atoms. The maximum absolute atomic E-state index is 5.90. The molecule has 118 valence electrons. The SMILES string of the molecule is COc1ccc(OCCCOc2cccc(C)c2C)c(N)c1. The van der Waals surface area contributed by atoms with Crippen LogP contribution in [0.4, 0.5) is 5.69 Å². The van der Waals surface area contributed by atoms with Crippen LogP contribution in [0.15, 0.2) is 36.4 Å². The first-order chi connectivity index (χ1) is 10.6. The van der Waals surface area contributed by atoms with Crippen molar-refractivity contribution in [3.05, 3.63) is 47.5 Å². The number of anilines is 1. The number of rotatable bonds is 7. The van der Waals surface area contributed by atoms with E-state index in [4.69, 9.17) is 19.9 Å². The predicted octanol–water partition coefficient (Wildman–Crippen LogP) is 3.74. The molecule has 0 saturated carbocycles. The van der Waals surface area contributed by atoms with Gasteiger partial charge in [-0.2, -0.15) is 0 Å². The van der Waals surface area contributed by atoms with E-state index in [1.807, 2.05) is 24.3 Å². The van der Waals surface area contributed by atoms with Crippen molar-refractivity contribution >= 4 is 5.69 Å². The number of nitrogen functional groups attached to an aromatic ring is 1. The second kappa shape index (κ2) is 7.59. The lowest BCUT2D eigenvalue weighted by Gasteiger charge is -2.12. The number of methoxy groups -OCH3 is 1. The highest BCUT2D eigenvalue weighted by Gasteiger charge is 2.04. The third-order valence-electron chi connectivity index (χ3n) is 3.58. The van der Waals surface area contributed by atoms with E-state index in [0.29, 0.717) is 24.7 Å². The molecule has 0 aliphatic rings. The summed E-state index contributed by atoms with van der Waals surface area (Å²) in [7, 11) is 1.61. The van der Waals surface area contributed by atoms with Gasteiger partial charge in [0.2, 0.25) is 0 Å². The smallest absolute Gasteiger partial charge is 0.142 e. The molecule has 0 aromatic heterocycles. The van der Waals surface area contributed by atoms with Crippen molar-refractivity contribution < 1.29 is 14.2 Å². The Kier molecular flexibility index (Phi) is 5.53. The summed E-state index contributed by atoms with van der Waals surface area (Å²) in [6, 6.07) is 11.5. The molecule has 0 bridgehead atoms. The maximum atomic E-state index is 5.90. The quantitative estimate of drug-likeness (QED) is 0.625. The minimum absolute atomic E-state index is 0.557. The molecule has 4 nitrogen and oxygen atoms in total. The zero-order valence-corrected chi connectivity index (χ0v) is 13.4. The number of nitrogens with two attached hydrogens (primary N) is 1. The van der Waals surface area contributed by atoms with Gasteiger partial charge >= 0.3 is 0 Å². The largest absolute Gasteiger partial charge is 0.497 e. The average Bonchev–Trinajstić information content (AvgIpc) is 2.52. The molecule has 0 heterocycles. The summed E-state index contributed by atoms with van der Waals surface area (Å²) in [5.41, 5.74) is 8.90. The van der Waals surface area contributed by atoms with Crippen LogP contribution in [0.1, 0.15) is 17.5 Å². The number of benzene rings is 2. The molecule has 0 saturated heterocycles. The Balaban J connectivity index is 1.77. The summed E-state index contributed by atoms with van der Waals surface area (Å²) < 4.78 is 16.6. The molecule has 22 heavy (non-hydrogen) atoms. The Morgan fingerprint density at radius 2 is 1.68 bits per heavy atom. The molecular weight excluding hydrogens is 278 g/mol. The van der Waals surface area contributed by atoms with Crippen molar-refractivity contribution in [3.8, 4) is 17.2 Å². The fourth-order valence-corrected chi connectivity index (χ4v) is 2.09. The summed E-state index contributed by atoms with van der Waals surface area (Å²) in [6.07, 6.45) is 0.791. The average molecular weight is 301 g/mol. The first-order valence-corrected chi connectivity index (χ1v) is 7.37. The van der Waals surface area contributed by atoms with Crippen LogP contribution < -0.4 is 19.9 Å². The number of ether oxygens (including phenoxy) is 3. The minimum atomic E-state index is 0.557. The third-order valence-corrected chi connectivity index (χ3v) is 3.58. The van der Waals surface area contributed by atoms with Crippen molar-refractivity contribution in [2.45, 2.75) is 20.3 Å². The normalized spacial score (nSPS) is 10.3. The number of aryl methyl sites for hydroxylation is 1. The number of hydrogen-bond donors (Lipinski definition) is 1. The molecule has 2 aromatic rings. The second-order valence-electron chi connectivity index (χ2n) is 5.15. The fourth-order valence-electron chi connectivity index (χ4n) is 2.09. The lowest BCUT2D eigenvalue weighted by Crippen LogP contribution is -2.07. The molecule has 0 amide bonds. The summed E-state index contributed by atoms with van der Waals surface area (Å²) in [6.45, 7) is 5.32. The summed E-state index contributed by atoms with van der Waals surface area (Å²) in [5.74, 6) is 2.33. The van der Waals surface area contributed by atoms with E-state index in [-0.39, 0.29) is 0 Å². The second-order valence-corrected chi connectivity index (χ2v) is 5.15. The van der Waals surface area contributed by atoms with E-state index >= 15 is 0 Å². The number of hydrogen-bond acceptors (Lipinski definition) is 4. The van der Waals surface area contributed by atoms with Gasteiger partial charge in [0.25, 0.3) is 0 Å². The van der Waals surface area contributed by atoms with E-state index in [0.717, 1.165) is 17.9 Å². The Morgan fingerprint density at radius 1 is 0.955 bits per heavy atom. The maximum Gasteiger partial charge on any atom is 0.142 e. The Hall–Kier alpha value is -2.36. The fraction of sp³-hybridized carbons (Fsp3) is 0.333. The third kappa shape index (κ3) is 4.07. The summed E-state index contributed by atoms with van der Waals surface area (Å²) >= 11 is 0. The monoisotopic (exact) mass is 301 g/mol. The lowest BCUT2D eigenvalue weighted by molar-refractivity contribution is 0.247. The highest BCUT2D eigenvalue weighted by Crippen LogP contribution is 2.26. The van der Waals surface area contributed by atoms with E-state index in [1.54, 1.807) is 13.2 Å². The van der Waals surface area contributed by atoms with E-state index in [1.165, 1.54) is 11.1 Å². The Bertz CT molecular complexity index is 626. The first-order valence-electron chi connectivity index (χ1n) is 7.37. The van der Waals surface area contributed by atoms with Gasteiger partial charge in [-0.1, -0.05) is 12.1 Å². The van der Waals surface area contributed by atoms with E-state index in [2.05, 4.69) is 19.9 Å². The molecule has 2 rings (SSSR count). The van der Waals surface area contributed by atoms with Gasteiger partial charge in [-0.05, 0) is 43.2 Å². The van der Waals surface area contributed by atoms with Crippen LogP contribution in [0.2, 0.25) is 0 Å². The van der Waals surface area contributed by atoms with E-state index in [9.17, 15) is 0 Å². The van der Waals surface area contributed by atoms with Crippen LogP contribution in [0.5, 0.6) is 17.2 Å². The van der Waals surface area contributed by atoms with Gasteiger partial charge < -0.3 is 19.9 Å². The minimum Gasteiger partial charge on any atom is -0.497 e. The molecular formula is C18H23NO3. The van der Waals surface area contributed by atoms with Crippen LogP contribution in [-0.4, -0.2) is 20.3 Å². The molecule has 2 aromatic carbocycles. The van der Waals surface area contributed by atoms with Gasteiger partial charge in [0.1, 0.15) is 17.2 Å². The van der Waals surface area contributed by atoms with Crippen molar-refractivity contribution in [2.75, 3.05) is 26.1 Å². The van der Waals surface area contributed by atoms with Gasteiger partial charge in [-0.25, -0.2) is 0 Å². The van der Waals surface area contributed by atoms with Crippen molar-refractivity contribution in [3.63, 3.8) is 0 Å². The molecule has 0 aliphatic heterocycles. The van der Waals surface area contributed by atoms with Gasteiger partial charge in [-0.3, -0.25) is 0 Å². The molecule has 4 heteroatoms. The summed E-state index contributed by atoms with van der Waals surface area (Å²) in [5, 5.41) is 0. The molecule has 0 atom stereocenters. The van der Waals surface area contributed by atoms with Gasteiger partial charge in [0, 0.05) is 12.5 Å². The molecule has 0 radical (unpaired) electrons. The Labute approximate surface area is 131 Å². The zero-order chi connectivity index (χ0) is 15.9. The van der Waals surface area contributed by atoms with Crippen LogP contribution in [-0.2, 0) is 0 Å². The topological polar surface area (TPSA) is 53.7 Å². The van der Waals surface area contributed by atoms with Crippen LogP contribution >= 0.6 is 0 Å². The van der Waals surface area contributed by atoms with Crippen LogP contribution in [0.25, 0.3) is 0 Å². The molecule has 0 aliphatic carbocycles. The van der Waals surface area contributed by atoms with Gasteiger partial charge in [-0.15, -0.1) is 0 Å². The standard InChI is InChI=1S/C18H23NO3/c1-13-6-4-7-17(14(13)2)21-10-5-11-22-18-9-8-15(20-3)12-16(18)19/h4,6-9,12H,5,10-11,19H2,1-3H3. The highest BCUT2D eigenvalue weighted by atomic mass is 16.5. The highest BCUT2D eigenvalue weighted by molar-refractivity contribution is 5.56. The first kappa shape index (κ1) is 16.0. The van der Waals surface area contributed by atoms with Crippen LogP contribution in [0, 0.1) is 13.8 Å². The van der Waals surface area contributed by atoms with E-state index < -0.39 is 0 Å². The van der Waals surface area contributed by atoms with Gasteiger partial charge in [0.15, 0.2) is 0 Å². The summed E-state index contributed by atoms with van der Waals surface area (Å²) in [4.78, 5) is 0. The predicted molar refractivity (Wildman–Crippen MR) is 88.9 cm³/mol. The molecule has 0 unspecified atom stereocenters.